The van der Waals surface area contributed by atoms with Gasteiger partial charge in [0.1, 0.15) is 18.1 Å². The first-order valence-corrected chi connectivity index (χ1v) is 12.3. The van der Waals surface area contributed by atoms with Crippen LogP contribution >= 0.6 is 0 Å². The van der Waals surface area contributed by atoms with Crippen molar-refractivity contribution in [1.82, 2.24) is 14.7 Å². The number of ether oxygens (including phenoxy) is 2. The molecule has 4 aromatic rings. The molecule has 36 heavy (non-hydrogen) atoms. The van der Waals surface area contributed by atoms with Gasteiger partial charge in [0.2, 0.25) is 0 Å². The SMILES string of the molecule is COc1ccc(C(=C(CCCO)c2ccc3cnn(C)c3c2)c2ccc(OCCN(C)C)cc2)cc1. The number of aryl methyl sites for hydroxylation is 1. The monoisotopic (exact) mass is 485 g/mol. The molecule has 0 saturated carbocycles. The Bertz CT molecular complexity index is 1310. The summed E-state index contributed by atoms with van der Waals surface area (Å²) in [5.74, 6) is 1.67. The molecule has 0 aliphatic carbocycles. The van der Waals surface area contributed by atoms with Crippen molar-refractivity contribution in [3.05, 3.63) is 89.6 Å². The first-order chi connectivity index (χ1) is 17.5. The summed E-state index contributed by atoms with van der Waals surface area (Å²) in [7, 11) is 7.71. The van der Waals surface area contributed by atoms with Crippen LogP contribution in [-0.4, -0.2) is 60.8 Å². The molecule has 6 nitrogen and oxygen atoms in total. The van der Waals surface area contributed by atoms with E-state index in [1.165, 1.54) is 5.57 Å². The third-order valence-electron chi connectivity index (χ3n) is 6.31. The fourth-order valence-electron chi connectivity index (χ4n) is 4.34. The van der Waals surface area contributed by atoms with Gasteiger partial charge in [0.15, 0.2) is 0 Å². The molecule has 4 rings (SSSR count). The van der Waals surface area contributed by atoms with Gasteiger partial charge in [-0.25, -0.2) is 0 Å². The highest BCUT2D eigenvalue weighted by Gasteiger charge is 2.16. The van der Waals surface area contributed by atoms with E-state index in [-0.39, 0.29) is 6.61 Å². The third kappa shape index (κ3) is 5.96. The summed E-state index contributed by atoms with van der Waals surface area (Å²) < 4.78 is 13.2. The summed E-state index contributed by atoms with van der Waals surface area (Å²) in [4.78, 5) is 2.10. The van der Waals surface area contributed by atoms with Crippen LogP contribution in [0.25, 0.3) is 22.0 Å². The van der Waals surface area contributed by atoms with Gasteiger partial charge in [-0.05, 0) is 85.1 Å². The third-order valence-corrected chi connectivity index (χ3v) is 6.31. The molecule has 6 heteroatoms. The minimum atomic E-state index is 0.131. The van der Waals surface area contributed by atoms with Crippen LogP contribution in [0.1, 0.15) is 29.5 Å². The van der Waals surface area contributed by atoms with Gasteiger partial charge >= 0.3 is 0 Å². The van der Waals surface area contributed by atoms with E-state index in [1.807, 2.05) is 56.3 Å². The number of likely N-dealkylation sites (N-methyl/N-ethyl adjacent to an activating group) is 1. The molecule has 0 saturated heterocycles. The maximum Gasteiger partial charge on any atom is 0.119 e. The molecular weight excluding hydrogens is 450 g/mol. The maximum absolute atomic E-state index is 9.72. The van der Waals surface area contributed by atoms with E-state index in [4.69, 9.17) is 9.47 Å². The van der Waals surface area contributed by atoms with Gasteiger partial charge in [-0.15, -0.1) is 0 Å². The standard InChI is InChI=1S/C30H35N3O3/c1-32(2)17-19-36-27-15-11-23(12-16-27)30(22-9-13-26(35-4)14-10-22)28(6-5-18-34)24-7-8-25-21-31-33(3)29(25)20-24/h7-16,20-21,34H,5-6,17-19H2,1-4H3. The Morgan fingerprint density at radius 3 is 2.17 bits per heavy atom. The minimum Gasteiger partial charge on any atom is -0.497 e. The zero-order chi connectivity index (χ0) is 25.5. The smallest absolute Gasteiger partial charge is 0.119 e. The first-order valence-electron chi connectivity index (χ1n) is 12.3. The van der Waals surface area contributed by atoms with Gasteiger partial charge in [0.25, 0.3) is 0 Å². The number of methoxy groups -OCH3 is 1. The van der Waals surface area contributed by atoms with Crippen molar-refractivity contribution in [1.29, 1.82) is 0 Å². The average molecular weight is 486 g/mol. The summed E-state index contributed by atoms with van der Waals surface area (Å²) in [6, 6.07) is 22.9. The molecule has 188 valence electrons. The zero-order valence-corrected chi connectivity index (χ0v) is 21.6. The number of hydrogen-bond acceptors (Lipinski definition) is 5. The number of aliphatic hydroxyl groups is 1. The largest absolute Gasteiger partial charge is 0.497 e. The number of hydrogen-bond donors (Lipinski definition) is 1. The van der Waals surface area contributed by atoms with Crippen LogP contribution in [0.5, 0.6) is 11.5 Å². The molecule has 0 aliphatic rings. The van der Waals surface area contributed by atoms with Crippen molar-refractivity contribution in [2.75, 3.05) is 41.0 Å². The molecule has 0 fully saturated rings. The van der Waals surface area contributed by atoms with E-state index < -0.39 is 0 Å². The van der Waals surface area contributed by atoms with E-state index >= 15 is 0 Å². The lowest BCUT2D eigenvalue weighted by molar-refractivity contribution is 0.261. The fraction of sp³-hybridized carbons (Fsp3) is 0.300. The Kier molecular flexibility index (Phi) is 8.41. The molecule has 0 atom stereocenters. The molecular formula is C30H35N3O3. The van der Waals surface area contributed by atoms with Gasteiger partial charge in [-0.1, -0.05) is 36.4 Å². The first kappa shape index (κ1) is 25.5. The lowest BCUT2D eigenvalue weighted by atomic mass is 9.87. The van der Waals surface area contributed by atoms with E-state index in [0.717, 1.165) is 57.6 Å². The second-order valence-electron chi connectivity index (χ2n) is 9.13. The van der Waals surface area contributed by atoms with Crippen molar-refractivity contribution in [3.63, 3.8) is 0 Å². The van der Waals surface area contributed by atoms with Crippen molar-refractivity contribution >= 4 is 22.0 Å². The Labute approximate surface area is 213 Å². The van der Waals surface area contributed by atoms with Crippen molar-refractivity contribution < 1.29 is 14.6 Å². The predicted molar refractivity (Wildman–Crippen MR) is 146 cm³/mol. The van der Waals surface area contributed by atoms with E-state index in [2.05, 4.69) is 52.5 Å². The van der Waals surface area contributed by atoms with Crippen LogP contribution in [0.15, 0.2) is 72.9 Å². The van der Waals surface area contributed by atoms with E-state index in [0.29, 0.717) is 13.0 Å². The van der Waals surface area contributed by atoms with Crippen LogP contribution in [-0.2, 0) is 7.05 Å². The highest BCUT2D eigenvalue weighted by Crippen LogP contribution is 2.37. The van der Waals surface area contributed by atoms with Crippen LogP contribution in [0.4, 0.5) is 0 Å². The number of nitrogens with zero attached hydrogens (tertiary/aromatic N) is 3. The number of allylic oxidation sites excluding steroid dienone is 1. The second-order valence-corrected chi connectivity index (χ2v) is 9.13. The van der Waals surface area contributed by atoms with Crippen molar-refractivity contribution in [2.24, 2.45) is 7.05 Å². The van der Waals surface area contributed by atoms with Crippen LogP contribution in [0.3, 0.4) is 0 Å². The molecule has 1 N–H and O–H groups in total. The number of aromatic nitrogens is 2. The highest BCUT2D eigenvalue weighted by molar-refractivity contribution is 6.00. The van der Waals surface area contributed by atoms with Crippen LogP contribution in [0, 0.1) is 0 Å². The number of rotatable bonds is 11. The van der Waals surface area contributed by atoms with Gasteiger partial charge in [0.05, 0.1) is 18.8 Å². The molecule has 0 amide bonds. The van der Waals surface area contributed by atoms with Crippen LogP contribution in [0.2, 0.25) is 0 Å². The van der Waals surface area contributed by atoms with Crippen molar-refractivity contribution in [3.8, 4) is 11.5 Å². The molecule has 3 aromatic carbocycles. The zero-order valence-electron chi connectivity index (χ0n) is 21.6. The molecule has 1 heterocycles. The van der Waals surface area contributed by atoms with Gasteiger partial charge < -0.3 is 19.5 Å². The molecule has 0 aliphatic heterocycles. The van der Waals surface area contributed by atoms with E-state index in [9.17, 15) is 5.11 Å². The molecule has 1 aromatic heterocycles. The molecule has 0 spiro atoms. The summed E-state index contributed by atoms with van der Waals surface area (Å²) >= 11 is 0. The minimum absolute atomic E-state index is 0.131. The Balaban J connectivity index is 1.84. The summed E-state index contributed by atoms with van der Waals surface area (Å²) in [5, 5.41) is 15.2. The highest BCUT2D eigenvalue weighted by atomic mass is 16.5. The number of fused-ring (bicyclic) bond motifs is 1. The summed E-state index contributed by atoms with van der Waals surface area (Å²) in [6.45, 7) is 1.63. The van der Waals surface area contributed by atoms with Crippen molar-refractivity contribution in [2.45, 2.75) is 12.8 Å². The second kappa shape index (κ2) is 11.9. The molecule has 0 radical (unpaired) electrons. The molecule has 0 bridgehead atoms. The summed E-state index contributed by atoms with van der Waals surface area (Å²) in [5.41, 5.74) is 6.70. The van der Waals surface area contributed by atoms with Crippen LogP contribution < -0.4 is 9.47 Å². The number of benzene rings is 3. The van der Waals surface area contributed by atoms with Gasteiger partial charge in [0, 0.05) is 25.6 Å². The molecule has 0 unspecified atom stereocenters. The quantitative estimate of drug-likeness (QED) is 0.294. The normalized spacial score (nSPS) is 12.2. The Morgan fingerprint density at radius 1 is 0.917 bits per heavy atom. The number of aliphatic hydroxyl groups excluding tert-OH is 1. The Morgan fingerprint density at radius 2 is 1.56 bits per heavy atom. The predicted octanol–water partition coefficient (Wildman–Crippen LogP) is 5.25. The lowest BCUT2D eigenvalue weighted by Gasteiger charge is -2.18. The topological polar surface area (TPSA) is 59.8 Å². The fourth-order valence-corrected chi connectivity index (χ4v) is 4.34. The van der Waals surface area contributed by atoms with Gasteiger partial charge in [-0.3, -0.25) is 4.68 Å². The van der Waals surface area contributed by atoms with Gasteiger partial charge in [-0.2, -0.15) is 5.10 Å². The van der Waals surface area contributed by atoms with E-state index in [1.54, 1.807) is 7.11 Å². The maximum atomic E-state index is 9.72. The Hall–Kier alpha value is -3.61. The lowest BCUT2D eigenvalue weighted by Crippen LogP contribution is -2.19. The average Bonchev–Trinajstić information content (AvgIpc) is 3.27. The summed E-state index contributed by atoms with van der Waals surface area (Å²) in [6.07, 6.45) is 3.29.